The summed E-state index contributed by atoms with van der Waals surface area (Å²) in [6, 6.07) is -1.95. The Bertz CT molecular complexity index is 343. The van der Waals surface area contributed by atoms with E-state index in [2.05, 4.69) is 5.32 Å². The van der Waals surface area contributed by atoms with Crippen LogP contribution in [-0.4, -0.2) is 46.3 Å². The third-order valence-corrected chi connectivity index (χ3v) is 2.67. The lowest BCUT2D eigenvalue weighted by atomic mass is 10.0. The van der Waals surface area contributed by atoms with Crippen molar-refractivity contribution < 1.29 is 27.9 Å². The summed E-state index contributed by atoms with van der Waals surface area (Å²) in [4.78, 5) is 23.8. The number of carboxylic acids is 1. The molecule has 0 saturated heterocycles. The van der Waals surface area contributed by atoms with Crippen LogP contribution in [0.15, 0.2) is 0 Å². The first-order valence-corrected chi connectivity index (χ1v) is 5.80. The normalized spacial score (nSPS) is 13.8. The van der Waals surface area contributed by atoms with Crippen molar-refractivity contribution >= 4 is 12.0 Å². The van der Waals surface area contributed by atoms with Crippen LogP contribution in [0.3, 0.4) is 0 Å². The van der Waals surface area contributed by atoms with Gasteiger partial charge in [0, 0.05) is 12.6 Å². The third kappa shape index (κ3) is 5.35. The fraction of sp³-hybridized carbons (Fsp3) is 0.818. The molecule has 0 rings (SSSR count). The average molecular weight is 284 g/mol. The van der Waals surface area contributed by atoms with Crippen molar-refractivity contribution in [2.45, 2.75) is 51.9 Å². The second-order valence-corrected chi connectivity index (χ2v) is 4.78. The highest BCUT2D eigenvalue weighted by molar-refractivity contribution is 5.85. The number of rotatable bonds is 5. The van der Waals surface area contributed by atoms with E-state index in [4.69, 9.17) is 5.11 Å². The Labute approximate surface area is 109 Å². The summed E-state index contributed by atoms with van der Waals surface area (Å²) in [5.74, 6) is -1.23. The fourth-order valence-electron chi connectivity index (χ4n) is 1.60. The number of carbonyl (C=O) groups excluding carboxylic acids is 1. The molecule has 5 nitrogen and oxygen atoms in total. The van der Waals surface area contributed by atoms with Gasteiger partial charge in [0.25, 0.3) is 0 Å². The Morgan fingerprint density at radius 3 is 2.11 bits per heavy atom. The Hall–Kier alpha value is -1.47. The summed E-state index contributed by atoms with van der Waals surface area (Å²) < 4.78 is 36.4. The van der Waals surface area contributed by atoms with Crippen molar-refractivity contribution in [3.63, 3.8) is 0 Å². The van der Waals surface area contributed by atoms with E-state index in [9.17, 15) is 22.8 Å². The number of nitrogens with one attached hydrogen (secondary N) is 1. The molecule has 0 aliphatic carbocycles. The molecular formula is C11H19F3N2O3. The number of amides is 2. The van der Waals surface area contributed by atoms with Crippen molar-refractivity contribution in [1.82, 2.24) is 10.2 Å². The first-order valence-electron chi connectivity index (χ1n) is 5.80. The van der Waals surface area contributed by atoms with E-state index < -0.39 is 36.2 Å². The summed E-state index contributed by atoms with van der Waals surface area (Å²) >= 11 is 0. The van der Waals surface area contributed by atoms with E-state index in [1.54, 1.807) is 6.92 Å². The van der Waals surface area contributed by atoms with Crippen molar-refractivity contribution in [2.75, 3.05) is 6.54 Å². The van der Waals surface area contributed by atoms with Crippen molar-refractivity contribution in [2.24, 2.45) is 0 Å². The number of nitrogens with zero attached hydrogens (tertiary/aromatic N) is 1. The van der Waals surface area contributed by atoms with Gasteiger partial charge in [-0.25, -0.2) is 9.59 Å². The largest absolute Gasteiger partial charge is 0.480 e. The Balaban J connectivity index is 4.75. The standard InChI is InChI=1S/C11H19F3N2O3/c1-5-16(10(3,4)8(17)18)9(19)15-7(2)6-11(12,13)14/h7H,5-6H2,1-4H3,(H,15,19)(H,17,18). The van der Waals surface area contributed by atoms with Gasteiger partial charge < -0.3 is 15.3 Å². The Morgan fingerprint density at radius 1 is 1.32 bits per heavy atom. The summed E-state index contributed by atoms with van der Waals surface area (Å²) in [6.07, 6.45) is -5.55. The molecule has 0 spiro atoms. The molecule has 1 atom stereocenters. The van der Waals surface area contributed by atoms with Gasteiger partial charge >= 0.3 is 18.2 Å². The number of carbonyl (C=O) groups is 2. The Kier molecular flexibility index (Phi) is 5.64. The van der Waals surface area contributed by atoms with Gasteiger partial charge in [-0.3, -0.25) is 0 Å². The van der Waals surface area contributed by atoms with E-state index in [0.717, 1.165) is 4.90 Å². The number of hydrogen-bond donors (Lipinski definition) is 2. The van der Waals surface area contributed by atoms with Crippen molar-refractivity contribution in [1.29, 1.82) is 0 Å². The summed E-state index contributed by atoms with van der Waals surface area (Å²) in [5.41, 5.74) is -1.49. The molecule has 0 aromatic carbocycles. The zero-order chi connectivity index (χ0) is 15.4. The molecule has 0 aromatic rings. The number of hydrogen-bond acceptors (Lipinski definition) is 2. The van der Waals surface area contributed by atoms with Crippen LogP contribution in [0.4, 0.5) is 18.0 Å². The Morgan fingerprint density at radius 2 is 1.79 bits per heavy atom. The minimum atomic E-state index is -4.38. The van der Waals surface area contributed by atoms with Crippen LogP contribution in [0.2, 0.25) is 0 Å². The quantitative estimate of drug-likeness (QED) is 0.813. The van der Waals surface area contributed by atoms with E-state index in [1.807, 2.05) is 0 Å². The van der Waals surface area contributed by atoms with Crippen molar-refractivity contribution in [3.05, 3.63) is 0 Å². The monoisotopic (exact) mass is 284 g/mol. The number of likely N-dealkylation sites (N-methyl/N-ethyl adjacent to an activating group) is 1. The van der Waals surface area contributed by atoms with Crippen LogP contribution in [0.25, 0.3) is 0 Å². The van der Waals surface area contributed by atoms with Crippen LogP contribution >= 0.6 is 0 Å². The highest BCUT2D eigenvalue weighted by atomic mass is 19.4. The van der Waals surface area contributed by atoms with Gasteiger partial charge in [0.05, 0.1) is 6.42 Å². The second kappa shape index (κ2) is 6.12. The van der Waals surface area contributed by atoms with Crippen LogP contribution in [-0.2, 0) is 4.79 Å². The summed E-state index contributed by atoms with van der Waals surface area (Å²) in [5, 5.41) is 11.2. The lowest BCUT2D eigenvalue weighted by molar-refractivity contribution is -0.148. The molecule has 0 aliphatic heterocycles. The van der Waals surface area contributed by atoms with Gasteiger partial charge in [0.1, 0.15) is 5.54 Å². The molecule has 0 radical (unpaired) electrons. The summed E-state index contributed by atoms with van der Waals surface area (Å²) in [6.45, 7) is 5.47. The molecule has 0 aromatic heterocycles. The van der Waals surface area contributed by atoms with Gasteiger partial charge in [-0.2, -0.15) is 13.2 Å². The highest BCUT2D eigenvalue weighted by Gasteiger charge is 2.38. The van der Waals surface area contributed by atoms with Crippen LogP contribution in [0.5, 0.6) is 0 Å². The highest BCUT2D eigenvalue weighted by Crippen LogP contribution is 2.22. The van der Waals surface area contributed by atoms with Gasteiger partial charge in [-0.05, 0) is 27.7 Å². The number of aliphatic carboxylic acids is 1. The number of halogens is 3. The first-order chi connectivity index (χ1) is 8.41. The maximum atomic E-state index is 12.1. The molecule has 8 heteroatoms. The maximum Gasteiger partial charge on any atom is 0.391 e. The molecule has 112 valence electrons. The topological polar surface area (TPSA) is 69.6 Å². The number of carboxylic acid groups (broad SMARTS) is 1. The lowest BCUT2D eigenvalue weighted by Gasteiger charge is -2.35. The molecule has 0 fully saturated rings. The van der Waals surface area contributed by atoms with Crippen molar-refractivity contribution in [3.8, 4) is 0 Å². The van der Waals surface area contributed by atoms with E-state index in [1.165, 1.54) is 20.8 Å². The van der Waals surface area contributed by atoms with Gasteiger partial charge in [0.15, 0.2) is 0 Å². The van der Waals surface area contributed by atoms with Gasteiger partial charge in [-0.1, -0.05) is 0 Å². The molecule has 0 saturated carbocycles. The van der Waals surface area contributed by atoms with E-state index in [-0.39, 0.29) is 6.54 Å². The zero-order valence-corrected chi connectivity index (χ0v) is 11.3. The first kappa shape index (κ1) is 17.5. The zero-order valence-electron chi connectivity index (χ0n) is 11.3. The predicted octanol–water partition coefficient (Wildman–Crippen LogP) is 2.22. The molecule has 0 bridgehead atoms. The number of alkyl halides is 3. The van der Waals surface area contributed by atoms with E-state index >= 15 is 0 Å². The second-order valence-electron chi connectivity index (χ2n) is 4.78. The number of urea groups is 1. The molecule has 19 heavy (non-hydrogen) atoms. The smallest absolute Gasteiger partial charge is 0.391 e. The molecule has 2 N–H and O–H groups in total. The molecule has 1 unspecified atom stereocenters. The lowest BCUT2D eigenvalue weighted by Crippen LogP contribution is -2.57. The summed E-state index contributed by atoms with van der Waals surface area (Å²) in [7, 11) is 0. The van der Waals surface area contributed by atoms with Gasteiger partial charge in [0.2, 0.25) is 0 Å². The fourth-order valence-corrected chi connectivity index (χ4v) is 1.60. The van der Waals surface area contributed by atoms with Crippen LogP contribution in [0, 0.1) is 0 Å². The SMILES string of the molecule is CCN(C(=O)NC(C)CC(F)(F)F)C(C)(C)C(=O)O. The minimum absolute atomic E-state index is 0.0733. The van der Waals surface area contributed by atoms with Crippen LogP contribution in [0.1, 0.15) is 34.1 Å². The predicted molar refractivity (Wildman–Crippen MR) is 62.8 cm³/mol. The third-order valence-electron chi connectivity index (χ3n) is 2.67. The molecule has 2 amide bonds. The molecule has 0 aliphatic rings. The molecule has 0 heterocycles. The van der Waals surface area contributed by atoms with Crippen LogP contribution < -0.4 is 5.32 Å². The van der Waals surface area contributed by atoms with E-state index in [0.29, 0.717) is 0 Å². The molecular weight excluding hydrogens is 265 g/mol. The minimum Gasteiger partial charge on any atom is -0.480 e. The maximum absolute atomic E-state index is 12.1. The van der Waals surface area contributed by atoms with Gasteiger partial charge in [-0.15, -0.1) is 0 Å². The average Bonchev–Trinajstić information content (AvgIpc) is 2.13.